The van der Waals surface area contributed by atoms with Crippen LogP contribution in [0.3, 0.4) is 0 Å². The van der Waals surface area contributed by atoms with Crippen LogP contribution in [0, 0.1) is 3.57 Å². The van der Waals surface area contributed by atoms with E-state index in [-0.39, 0.29) is 27.0 Å². The van der Waals surface area contributed by atoms with Crippen molar-refractivity contribution in [3.8, 4) is 0 Å². The number of halogens is 3. The van der Waals surface area contributed by atoms with Gasteiger partial charge in [0.1, 0.15) is 6.29 Å². The van der Waals surface area contributed by atoms with E-state index in [0.717, 1.165) is 45.7 Å². The van der Waals surface area contributed by atoms with E-state index in [1.165, 1.54) is 6.08 Å². The zero-order chi connectivity index (χ0) is 24.7. The standard InChI is InChI=1S/C9H9ClO.C6H4ClI.C3H6O.2C2H4O2.Pd/c10-9-6-2-1-4-8(9)5-3-7-11;7-5-3-1-2-4-6(5)8;1-2-3-4;2*1-2(3)4;/h1-2,4,6-7H,3,5H2;1-4H;2,4H,1,3H2;2*1H3,(H,3,4);. The van der Waals surface area contributed by atoms with Crippen LogP contribution in [0.25, 0.3) is 0 Å². The summed E-state index contributed by atoms with van der Waals surface area (Å²) >= 11 is 13.7. The summed E-state index contributed by atoms with van der Waals surface area (Å²) in [5.74, 6) is -1.67. The number of carboxylic acids is 2. The van der Waals surface area contributed by atoms with Crippen molar-refractivity contribution in [3.63, 3.8) is 0 Å². The minimum atomic E-state index is -0.833. The molecule has 182 valence electrons. The second-order valence-corrected chi connectivity index (χ2v) is 7.20. The number of benzene rings is 2. The Morgan fingerprint density at radius 1 is 0.969 bits per heavy atom. The van der Waals surface area contributed by atoms with Crippen LogP contribution in [0.4, 0.5) is 0 Å². The molecule has 0 saturated carbocycles. The molecule has 6 nitrogen and oxygen atoms in total. The maximum Gasteiger partial charge on any atom is 0.300 e. The Balaban J connectivity index is -0.000000165. The summed E-state index contributed by atoms with van der Waals surface area (Å²) < 4.78 is 1.10. The van der Waals surface area contributed by atoms with Crippen LogP contribution in [0.1, 0.15) is 25.8 Å². The van der Waals surface area contributed by atoms with Crippen molar-refractivity contribution in [2.75, 3.05) is 6.61 Å². The number of hydrogen-bond donors (Lipinski definition) is 3. The topological polar surface area (TPSA) is 112 Å². The van der Waals surface area contributed by atoms with Gasteiger partial charge in [-0.05, 0) is 52.8 Å². The van der Waals surface area contributed by atoms with Gasteiger partial charge < -0.3 is 20.1 Å². The second-order valence-electron chi connectivity index (χ2n) is 5.22. The largest absolute Gasteiger partial charge is 0.481 e. The molecule has 0 radical (unpaired) electrons. The minimum Gasteiger partial charge on any atom is -0.481 e. The number of carbonyl (C=O) groups is 3. The molecule has 0 atom stereocenters. The molecule has 0 aromatic heterocycles. The summed E-state index contributed by atoms with van der Waals surface area (Å²) in [7, 11) is 0. The third kappa shape index (κ3) is 33.4. The Morgan fingerprint density at radius 2 is 1.34 bits per heavy atom. The van der Waals surface area contributed by atoms with Gasteiger partial charge in [0.15, 0.2) is 0 Å². The molecule has 2 aromatic rings. The second kappa shape index (κ2) is 27.8. The predicted molar refractivity (Wildman–Crippen MR) is 134 cm³/mol. The van der Waals surface area contributed by atoms with Crippen LogP contribution in [0.5, 0.6) is 0 Å². The fourth-order valence-corrected chi connectivity index (χ4v) is 2.11. The van der Waals surface area contributed by atoms with Crippen molar-refractivity contribution in [3.05, 3.63) is 80.4 Å². The van der Waals surface area contributed by atoms with Crippen LogP contribution in [0.15, 0.2) is 61.2 Å². The van der Waals surface area contributed by atoms with Gasteiger partial charge in [-0.25, -0.2) is 0 Å². The molecule has 2 aromatic carbocycles. The molecule has 0 aliphatic carbocycles. The Labute approximate surface area is 226 Å². The summed E-state index contributed by atoms with van der Waals surface area (Å²) in [6.45, 7) is 5.48. The van der Waals surface area contributed by atoms with E-state index in [2.05, 4.69) is 29.2 Å². The fraction of sp³-hybridized carbons (Fsp3) is 0.227. The first-order chi connectivity index (χ1) is 14.5. The maximum atomic E-state index is 10.0. The molecule has 0 bridgehead atoms. The van der Waals surface area contributed by atoms with E-state index in [9.17, 15) is 4.79 Å². The van der Waals surface area contributed by atoms with E-state index in [4.69, 9.17) is 48.1 Å². The van der Waals surface area contributed by atoms with Gasteiger partial charge in [0.05, 0.1) is 11.6 Å². The van der Waals surface area contributed by atoms with Crippen LogP contribution >= 0.6 is 45.8 Å². The third-order valence-corrected chi connectivity index (χ3v) is 4.40. The molecule has 10 heteroatoms. The number of aldehydes is 1. The molecule has 2 rings (SSSR count). The number of aliphatic hydroxyl groups is 1. The number of rotatable bonds is 4. The quantitative estimate of drug-likeness (QED) is 0.163. The number of carboxylic acid groups (broad SMARTS) is 2. The SMILES string of the molecule is C=CCO.CC(=O)O.CC(=O)O.Clc1ccccc1I.O=CCCc1ccccc1Cl.[Pd]. The molecule has 0 unspecified atom stereocenters. The summed E-state index contributed by atoms with van der Waals surface area (Å²) in [5.41, 5.74) is 1.04. The Kier molecular flexibility index (Phi) is 33.0. The molecule has 0 fully saturated rings. The Bertz CT molecular complexity index is 735. The van der Waals surface area contributed by atoms with E-state index in [1.807, 2.05) is 48.5 Å². The van der Waals surface area contributed by atoms with Crippen LogP contribution in [-0.4, -0.2) is 40.2 Å². The molecule has 0 aliphatic heterocycles. The molecule has 0 aliphatic rings. The first-order valence-corrected chi connectivity index (χ1v) is 10.5. The first kappa shape index (κ1) is 38.0. The average Bonchev–Trinajstić information content (AvgIpc) is 2.69. The number of hydrogen-bond acceptors (Lipinski definition) is 4. The average molecular weight is 692 g/mol. The smallest absolute Gasteiger partial charge is 0.300 e. The zero-order valence-electron chi connectivity index (χ0n) is 17.6. The van der Waals surface area contributed by atoms with Crippen LogP contribution < -0.4 is 0 Å². The van der Waals surface area contributed by atoms with Gasteiger partial charge >= 0.3 is 0 Å². The molecule has 32 heavy (non-hydrogen) atoms. The summed E-state index contributed by atoms with van der Waals surface area (Å²) in [6.07, 6.45) is 3.62. The minimum absolute atomic E-state index is 0. The van der Waals surface area contributed by atoms with Gasteiger partial charge in [0.25, 0.3) is 11.9 Å². The van der Waals surface area contributed by atoms with Crippen LogP contribution in [-0.2, 0) is 41.2 Å². The molecule has 0 saturated heterocycles. The zero-order valence-corrected chi connectivity index (χ0v) is 22.8. The Hall–Kier alpha value is -1.28. The van der Waals surface area contributed by atoms with Crippen molar-refractivity contribution in [1.29, 1.82) is 0 Å². The molecular formula is C22H27Cl2IO6Pd. The van der Waals surface area contributed by atoms with Crippen molar-refractivity contribution in [2.45, 2.75) is 26.7 Å². The van der Waals surface area contributed by atoms with Gasteiger partial charge in [-0.2, -0.15) is 0 Å². The number of aliphatic carboxylic acids is 2. The van der Waals surface area contributed by atoms with Gasteiger partial charge in [-0.3, -0.25) is 9.59 Å². The van der Waals surface area contributed by atoms with E-state index in [0.29, 0.717) is 6.42 Å². The van der Waals surface area contributed by atoms with E-state index < -0.39 is 11.9 Å². The van der Waals surface area contributed by atoms with Crippen molar-refractivity contribution < 1.29 is 50.1 Å². The molecular weight excluding hydrogens is 664 g/mol. The van der Waals surface area contributed by atoms with Crippen molar-refractivity contribution >= 4 is 64.0 Å². The summed E-state index contributed by atoms with van der Waals surface area (Å²) in [5, 5.41) is 24.2. The van der Waals surface area contributed by atoms with Gasteiger partial charge in [0.2, 0.25) is 0 Å². The summed E-state index contributed by atoms with van der Waals surface area (Å²) in [4.78, 5) is 28.0. The van der Waals surface area contributed by atoms with Gasteiger partial charge in [0, 0.05) is 49.3 Å². The fourth-order valence-electron chi connectivity index (χ4n) is 1.35. The van der Waals surface area contributed by atoms with Crippen molar-refractivity contribution in [1.82, 2.24) is 0 Å². The molecule has 0 amide bonds. The maximum absolute atomic E-state index is 10.0. The normalized spacial score (nSPS) is 7.94. The molecule has 0 spiro atoms. The Morgan fingerprint density at radius 3 is 1.62 bits per heavy atom. The van der Waals surface area contributed by atoms with Gasteiger partial charge in [-0.15, -0.1) is 6.58 Å². The molecule has 3 N–H and O–H groups in total. The van der Waals surface area contributed by atoms with E-state index in [1.54, 1.807) is 0 Å². The monoisotopic (exact) mass is 690 g/mol. The van der Waals surface area contributed by atoms with Crippen LogP contribution in [0.2, 0.25) is 10.0 Å². The van der Waals surface area contributed by atoms with Crippen molar-refractivity contribution in [2.24, 2.45) is 0 Å². The van der Waals surface area contributed by atoms with Gasteiger partial charge in [-0.1, -0.05) is 59.6 Å². The van der Waals surface area contributed by atoms with E-state index >= 15 is 0 Å². The predicted octanol–water partition coefficient (Wildman–Crippen LogP) is 5.76. The molecule has 0 heterocycles. The summed E-state index contributed by atoms with van der Waals surface area (Å²) in [6, 6.07) is 15.3. The third-order valence-electron chi connectivity index (χ3n) is 2.44. The number of aryl methyl sites for hydroxylation is 1. The number of carbonyl (C=O) groups excluding carboxylic acids is 1. The number of aliphatic hydroxyl groups excluding tert-OH is 1. The first-order valence-electron chi connectivity index (χ1n) is 8.71.